The molecule has 2 fully saturated rings. The molecule has 0 bridgehead atoms. The summed E-state index contributed by atoms with van der Waals surface area (Å²) in [6.45, 7) is 15.2. The predicted molar refractivity (Wildman–Crippen MR) is 158 cm³/mol. The number of nitrogens with zero attached hydrogens (tertiary/aromatic N) is 4. The third kappa shape index (κ3) is 7.58. The summed E-state index contributed by atoms with van der Waals surface area (Å²) in [5.74, 6) is 2.24. The van der Waals surface area contributed by atoms with Gasteiger partial charge in [0.2, 0.25) is 17.6 Å². The Kier molecular flexibility index (Phi) is 9.01. The summed E-state index contributed by atoms with van der Waals surface area (Å²) in [5.41, 5.74) is 4.86. The molecule has 2 aliphatic rings. The van der Waals surface area contributed by atoms with Crippen molar-refractivity contribution < 1.29 is 9.32 Å². The normalized spacial score (nSPS) is 19.6. The maximum atomic E-state index is 12.9. The lowest BCUT2D eigenvalue weighted by Gasteiger charge is -2.31. The summed E-state index contributed by atoms with van der Waals surface area (Å²) in [5, 5.41) is 7.40. The second kappa shape index (κ2) is 12.6. The van der Waals surface area contributed by atoms with Crippen LogP contribution >= 0.6 is 0 Å². The van der Waals surface area contributed by atoms with Gasteiger partial charge in [-0.05, 0) is 73.3 Å². The van der Waals surface area contributed by atoms with Gasteiger partial charge in [-0.25, -0.2) is 0 Å². The van der Waals surface area contributed by atoms with Gasteiger partial charge in [0.1, 0.15) is 0 Å². The highest BCUT2D eigenvalue weighted by Gasteiger charge is 2.26. The average Bonchev–Trinajstić information content (AvgIpc) is 3.40. The molecule has 7 heteroatoms. The number of hydrogen-bond donors (Lipinski definition) is 1. The van der Waals surface area contributed by atoms with Crippen molar-refractivity contribution >= 4 is 5.91 Å². The van der Waals surface area contributed by atoms with Gasteiger partial charge in [-0.1, -0.05) is 81.4 Å². The van der Waals surface area contributed by atoms with Gasteiger partial charge in [0.25, 0.3) is 0 Å². The smallest absolute Gasteiger partial charge is 0.241 e. The van der Waals surface area contributed by atoms with Crippen LogP contribution in [0.1, 0.15) is 76.0 Å². The Hall–Kier alpha value is -3.03. The van der Waals surface area contributed by atoms with Crippen LogP contribution in [0, 0.1) is 11.8 Å². The minimum atomic E-state index is 0.0499. The quantitative estimate of drug-likeness (QED) is 0.387. The maximum Gasteiger partial charge on any atom is 0.241 e. The van der Waals surface area contributed by atoms with Gasteiger partial charge in [0.15, 0.2) is 0 Å². The highest BCUT2D eigenvalue weighted by atomic mass is 16.5. The number of benzene rings is 2. The molecular formula is C33H45N5O2. The fourth-order valence-corrected chi connectivity index (χ4v) is 5.96. The molecule has 1 N–H and O–H groups in total. The minimum Gasteiger partial charge on any atom is -0.352 e. The number of hydrogen-bond acceptors (Lipinski definition) is 6. The zero-order valence-corrected chi connectivity index (χ0v) is 24.7. The summed E-state index contributed by atoms with van der Waals surface area (Å²) in [7, 11) is 0. The van der Waals surface area contributed by atoms with E-state index >= 15 is 0 Å². The van der Waals surface area contributed by atoms with E-state index in [1.807, 2.05) is 0 Å². The molecule has 3 heterocycles. The number of nitrogens with one attached hydrogen (secondary N) is 1. The Morgan fingerprint density at radius 3 is 2.45 bits per heavy atom. The standard InChI is InChI=1S/C33H45N5O2/c1-24-7-6-16-38(21-24)22-26-9-5-8-25(19-26)20-34-32(39)28-14-17-37(18-15-28)23-30-35-31(36-40-30)27-10-12-29(13-11-27)33(2,3)4/h5,8-13,19,24,28H,6-7,14-18,20-23H2,1-4H3,(H,34,39). The van der Waals surface area contributed by atoms with Crippen molar-refractivity contribution in [1.29, 1.82) is 0 Å². The molecule has 40 heavy (non-hydrogen) atoms. The molecule has 0 spiro atoms. The highest BCUT2D eigenvalue weighted by molar-refractivity contribution is 5.78. The topological polar surface area (TPSA) is 74.5 Å². The molecule has 5 rings (SSSR count). The van der Waals surface area contributed by atoms with E-state index in [0.29, 0.717) is 24.8 Å². The summed E-state index contributed by atoms with van der Waals surface area (Å²) >= 11 is 0. The van der Waals surface area contributed by atoms with Gasteiger partial charge in [-0.3, -0.25) is 14.6 Å². The fraction of sp³-hybridized carbons (Fsp3) is 0.545. The largest absolute Gasteiger partial charge is 0.352 e. The Morgan fingerprint density at radius 1 is 0.975 bits per heavy atom. The van der Waals surface area contributed by atoms with Crippen molar-refractivity contribution in [3.63, 3.8) is 0 Å². The molecule has 1 aromatic heterocycles. The molecule has 1 amide bonds. The molecule has 0 aliphatic carbocycles. The first-order valence-electron chi connectivity index (χ1n) is 15.0. The van der Waals surface area contributed by atoms with E-state index in [4.69, 9.17) is 4.52 Å². The van der Waals surface area contributed by atoms with Gasteiger partial charge in [0, 0.05) is 31.1 Å². The van der Waals surface area contributed by atoms with Crippen LogP contribution in [0.4, 0.5) is 0 Å². The van der Waals surface area contributed by atoms with Gasteiger partial charge >= 0.3 is 0 Å². The lowest BCUT2D eigenvalue weighted by Crippen LogP contribution is -2.40. The predicted octanol–water partition coefficient (Wildman–Crippen LogP) is 5.79. The van der Waals surface area contributed by atoms with E-state index in [2.05, 4.69) is 101 Å². The second-order valence-corrected chi connectivity index (χ2v) is 12.9. The Balaban J connectivity index is 1.06. The first kappa shape index (κ1) is 28.5. The van der Waals surface area contributed by atoms with Crippen molar-refractivity contribution in [3.8, 4) is 11.4 Å². The molecule has 7 nitrogen and oxygen atoms in total. The van der Waals surface area contributed by atoms with Crippen LogP contribution in [0.25, 0.3) is 11.4 Å². The molecule has 2 saturated heterocycles. The van der Waals surface area contributed by atoms with Crippen LogP contribution in [0.3, 0.4) is 0 Å². The summed E-state index contributed by atoms with van der Waals surface area (Å²) in [4.78, 5) is 22.4. The Bertz CT molecular complexity index is 1250. The Labute approximate surface area is 239 Å². The summed E-state index contributed by atoms with van der Waals surface area (Å²) < 4.78 is 5.56. The molecular weight excluding hydrogens is 498 g/mol. The molecule has 0 saturated carbocycles. The van der Waals surface area contributed by atoms with Crippen molar-refractivity contribution in [3.05, 3.63) is 71.1 Å². The first-order valence-corrected chi connectivity index (χ1v) is 15.0. The summed E-state index contributed by atoms with van der Waals surface area (Å²) in [6.07, 6.45) is 4.31. The zero-order chi connectivity index (χ0) is 28.1. The van der Waals surface area contributed by atoms with Crippen LogP contribution in [-0.4, -0.2) is 52.0 Å². The third-order valence-corrected chi connectivity index (χ3v) is 8.40. The van der Waals surface area contributed by atoms with E-state index in [9.17, 15) is 4.79 Å². The van der Waals surface area contributed by atoms with Crippen molar-refractivity contribution in [2.75, 3.05) is 26.2 Å². The fourth-order valence-electron chi connectivity index (χ4n) is 5.96. The molecule has 1 atom stereocenters. The zero-order valence-electron chi connectivity index (χ0n) is 24.7. The first-order chi connectivity index (χ1) is 19.2. The monoisotopic (exact) mass is 543 g/mol. The maximum absolute atomic E-state index is 12.9. The van der Waals surface area contributed by atoms with Crippen LogP contribution in [0.5, 0.6) is 0 Å². The molecule has 1 unspecified atom stereocenters. The SMILES string of the molecule is CC1CCCN(Cc2cccc(CNC(=O)C3CCN(Cc4nc(-c5ccc(C(C)(C)C)cc5)no4)CC3)c2)C1. The van der Waals surface area contributed by atoms with Crippen molar-refractivity contribution in [2.24, 2.45) is 11.8 Å². The van der Waals surface area contributed by atoms with Crippen LogP contribution in [0.15, 0.2) is 53.1 Å². The minimum absolute atomic E-state index is 0.0499. The second-order valence-electron chi connectivity index (χ2n) is 12.9. The number of amides is 1. The third-order valence-electron chi connectivity index (χ3n) is 8.40. The van der Waals surface area contributed by atoms with Gasteiger partial charge in [-0.15, -0.1) is 0 Å². The van der Waals surface area contributed by atoms with Gasteiger partial charge < -0.3 is 9.84 Å². The van der Waals surface area contributed by atoms with Crippen molar-refractivity contribution in [1.82, 2.24) is 25.3 Å². The molecule has 214 valence electrons. The van der Waals surface area contributed by atoms with Crippen molar-refractivity contribution in [2.45, 2.75) is 78.4 Å². The van der Waals surface area contributed by atoms with E-state index in [0.717, 1.165) is 44.0 Å². The van der Waals surface area contributed by atoms with Gasteiger partial charge in [-0.2, -0.15) is 4.98 Å². The molecule has 2 aromatic carbocycles. The van der Waals surface area contributed by atoms with E-state index in [-0.39, 0.29) is 17.2 Å². The number of piperidine rings is 2. The molecule has 2 aliphatic heterocycles. The summed E-state index contributed by atoms with van der Waals surface area (Å²) in [6, 6.07) is 17.1. The average molecular weight is 544 g/mol. The number of carbonyl (C=O) groups is 1. The van der Waals surface area contributed by atoms with E-state index in [1.54, 1.807) is 0 Å². The van der Waals surface area contributed by atoms with E-state index in [1.165, 1.54) is 42.6 Å². The van der Waals surface area contributed by atoms with Crippen LogP contribution in [-0.2, 0) is 29.8 Å². The number of aromatic nitrogens is 2. The van der Waals surface area contributed by atoms with Crippen LogP contribution < -0.4 is 5.32 Å². The number of rotatable bonds is 8. The Morgan fingerprint density at radius 2 is 1.73 bits per heavy atom. The highest BCUT2D eigenvalue weighted by Crippen LogP contribution is 2.26. The number of likely N-dealkylation sites (tertiary alicyclic amines) is 2. The lowest BCUT2D eigenvalue weighted by atomic mass is 9.87. The molecule has 3 aromatic rings. The van der Waals surface area contributed by atoms with Gasteiger partial charge in [0.05, 0.1) is 6.54 Å². The number of carbonyl (C=O) groups excluding carboxylic acids is 1. The lowest BCUT2D eigenvalue weighted by molar-refractivity contribution is -0.126. The molecule has 0 radical (unpaired) electrons. The van der Waals surface area contributed by atoms with Crippen LogP contribution in [0.2, 0.25) is 0 Å². The van der Waals surface area contributed by atoms with E-state index < -0.39 is 0 Å².